The Balaban J connectivity index is 2.21. The van der Waals surface area contributed by atoms with Crippen molar-refractivity contribution >= 4 is 17.3 Å². The molecule has 2 aromatic heterocycles. The van der Waals surface area contributed by atoms with Crippen LogP contribution < -0.4 is 4.74 Å². The van der Waals surface area contributed by atoms with Crippen LogP contribution in [-0.2, 0) is 11.2 Å². The number of rotatable bonds is 4. The van der Waals surface area contributed by atoms with Crippen molar-refractivity contribution in [3.8, 4) is 16.6 Å². The molecule has 0 amide bonds. The topological polar surface area (TPSA) is 85.2 Å². The average molecular weight is 251 g/mol. The molecule has 0 aromatic carbocycles. The molecule has 0 saturated heterocycles. The lowest BCUT2D eigenvalue weighted by molar-refractivity contribution is -0.136. The van der Waals surface area contributed by atoms with Crippen LogP contribution in [0.5, 0.6) is 5.88 Å². The second-order valence-corrected chi connectivity index (χ2v) is 4.03. The molecule has 7 heteroatoms. The minimum atomic E-state index is -0.900. The van der Waals surface area contributed by atoms with E-state index in [2.05, 4.69) is 15.2 Å². The third-order valence-electron chi connectivity index (χ3n) is 1.95. The van der Waals surface area contributed by atoms with Gasteiger partial charge in [0.2, 0.25) is 5.88 Å². The summed E-state index contributed by atoms with van der Waals surface area (Å²) in [7, 11) is 1.51. The molecule has 0 unspecified atom stereocenters. The van der Waals surface area contributed by atoms with Crippen LogP contribution in [0.15, 0.2) is 17.5 Å². The van der Waals surface area contributed by atoms with Crippen molar-refractivity contribution in [3.63, 3.8) is 0 Å². The molecule has 0 aliphatic carbocycles. The van der Waals surface area contributed by atoms with Crippen molar-refractivity contribution in [2.45, 2.75) is 6.42 Å². The number of methoxy groups -OCH3 is 1. The first-order valence-corrected chi connectivity index (χ1v) is 5.61. The zero-order valence-electron chi connectivity index (χ0n) is 8.95. The fraction of sp³-hybridized carbons (Fsp3) is 0.200. The summed E-state index contributed by atoms with van der Waals surface area (Å²) < 4.78 is 4.89. The summed E-state index contributed by atoms with van der Waals surface area (Å²) in [5.74, 6) is -0.473. The number of thiazole rings is 1. The van der Waals surface area contributed by atoms with Gasteiger partial charge in [-0.3, -0.25) is 4.79 Å². The quantitative estimate of drug-likeness (QED) is 0.879. The maximum atomic E-state index is 10.5. The Hall–Kier alpha value is -2.02. The number of ether oxygens (including phenoxy) is 1. The zero-order chi connectivity index (χ0) is 12.3. The molecule has 0 fully saturated rings. The van der Waals surface area contributed by atoms with Gasteiger partial charge in [0, 0.05) is 11.4 Å². The van der Waals surface area contributed by atoms with Gasteiger partial charge < -0.3 is 9.84 Å². The van der Waals surface area contributed by atoms with Crippen LogP contribution in [0.4, 0.5) is 0 Å². The van der Waals surface area contributed by atoms with Gasteiger partial charge in [0.15, 0.2) is 0 Å². The Morgan fingerprint density at radius 1 is 1.47 bits per heavy atom. The SMILES string of the molecule is COc1ccc(-c2nc(CC(=O)O)cs2)nn1. The minimum absolute atomic E-state index is 0.0833. The average Bonchev–Trinajstić information content (AvgIpc) is 2.77. The molecule has 17 heavy (non-hydrogen) atoms. The first-order valence-electron chi connectivity index (χ1n) is 4.73. The third-order valence-corrected chi connectivity index (χ3v) is 2.87. The van der Waals surface area contributed by atoms with Crippen LogP contribution in [0.2, 0.25) is 0 Å². The number of aliphatic carboxylic acids is 1. The van der Waals surface area contributed by atoms with E-state index in [1.807, 2.05) is 0 Å². The van der Waals surface area contributed by atoms with E-state index in [0.29, 0.717) is 22.3 Å². The lowest BCUT2D eigenvalue weighted by Crippen LogP contribution is -2.00. The Bertz CT molecular complexity index is 524. The molecule has 2 heterocycles. The fourth-order valence-electron chi connectivity index (χ4n) is 1.20. The van der Waals surface area contributed by atoms with Gasteiger partial charge in [-0.1, -0.05) is 0 Å². The summed E-state index contributed by atoms with van der Waals surface area (Å²) in [6.07, 6.45) is -0.0833. The molecular formula is C10H9N3O3S. The molecular weight excluding hydrogens is 242 g/mol. The highest BCUT2D eigenvalue weighted by Crippen LogP contribution is 2.22. The zero-order valence-corrected chi connectivity index (χ0v) is 9.77. The van der Waals surface area contributed by atoms with Crippen molar-refractivity contribution in [2.24, 2.45) is 0 Å². The summed E-state index contributed by atoms with van der Waals surface area (Å²) in [6.45, 7) is 0. The number of nitrogens with zero attached hydrogens (tertiary/aromatic N) is 3. The van der Waals surface area contributed by atoms with Crippen LogP contribution in [0.1, 0.15) is 5.69 Å². The van der Waals surface area contributed by atoms with E-state index in [-0.39, 0.29) is 6.42 Å². The Morgan fingerprint density at radius 3 is 2.88 bits per heavy atom. The molecule has 88 valence electrons. The van der Waals surface area contributed by atoms with Crippen molar-refractivity contribution in [1.29, 1.82) is 0 Å². The normalized spacial score (nSPS) is 10.2. The summed E-state index contributed by atoms with van der Waals surface area (Å²) in [5, 5.41) is 18.7. The second-order valence-electron chi connectivity index (χ2n) is 3.18. The van der Waals surface area contributed by atoms with Crippen molar-refractivity contribution < 1.29 is 14.6 Å². The second kappa shape index (κ2) is 4.88. The molecule has 0 radical (unpaired) electrons. The van der Waals surface area contributed by atoms with E-state index >= 15 is 0 Å². The highest BCUT2D eigenvalue weighted by atomic mass is 32.1. The predicted molar refractivity (Wildman–Crippen MR) is 61.0 cm³/mol. The van der Waals surface area contributed by atoms with E-state index in [1.165, 1.54) is 18.4 Å². The number of aromatic nitrogens is 3. The van der Waals surface area contributed by atoms with E-state index in [9.17, 15) is 4.79 Å². The van der Waals surface area contributed by atoms with Crippen LogP contribution in [0.25, 0.3) is 10.7 Å². The fourth-order valence-corrected chi connectivity index (χ4v) is 1.99. The number of hydrogen-bond donors (Lipinski definition) is 1. The monoisotopic (exact) mass is 251 g/mol. The largest absolute Gasteiger partial charge is 0.481 e. The molecule has 0 spiro atoms. The Morgan fingerprint density at radius 2 is 2.29 bits per heavy atom. The maximum absolute atomic E-state index is 10.5. The van der Waals surface area contributed by atoms with Crippen LogP contribution >= 0.6 is 11.3 Å². The third kappa shape index (κ3) is 2.76. The summed E-state index contributed by atoms with van der Waals surface area (Å²) in [6, 6.07) is 3.41. The van der Waals surface area contributed by atoms with Gasteiger partial charge in [0.1, 0.15) is 10.7 Å². The number of carbonyl (C=O) groups is 1. The Kier molecular flexibility index (Phi) is 3.29. The van der Waals surface area contributed by atoms with Gasteiger partial charge in [-0.05, 0) is 6.07 Å². The summed E-state index contributed by atoms with van der Waals surface area (Å²) >= 11 is 1.34. The predicted octanol–water partition coefficient (Wildman–Crippen LogP) is 1.24. The Labute approximate surface area is 101 Å². The number of carboxylic acid groups (broad SMARTS) is 1. The molecule has 0 aliphatic heterocycles. The molecule has 0 aliphatic rings. The molecule has 0 bridgehead atoms. The van der Waals surface area contributed by atoms with Crippen LogP contribution in [0, 0.1) is 0 Å². The van der Waals surface area contributed by atoms with Gasteiger partial charge in [0.25, 0.3) is 0 Å². The van der Waals surface area contributed by atoms with Crippen molar-refractivity contribution in [2.75, 3.05) is 7.11 Å². The highest BCUT2D eigenvalue weighted by Gasteiger charge is 2.09. The molecule has 6 nitrogen and oxygen atoms in total. The molecule has 0 atom stereocenters. The highest BCUT2D eigenvalue weighted by molar-refractivity contribution is 7.13. The van der Waals surface area contributed by atoms with Gasteiger partial charge in [-0.2, -0.15) is 0 Å². The van der Waals surface area contributed by atoms with Gasteiger partial charge in [-0.25, -0.2) is 4.98 Å². The standard InChI is InChI=1S/C10H9N3O3S/c1-16-8-3-2-7(12-13-8)10-11-6(5-17-10)4-9(14)15/h2-3,5H,4H2,1H3,(H,14,15). The van der Waals surface area contributed by atoms with E-state index in [0.717, 1.165) is 0 Å². The number of carboxylic acids is 1. The van der Waals surface area contributed by atoms with Gasteiger partial charge >= 0.3 is 5.97 Å². The smallest absolute Gasteiger partial charge is 0.309 e. The van der Waals surface area contributed by atoms with Crippen LogP contribution in [-0.4, -0.2) is 33.4 Å². The first kappa shape index (κ1) is 11.5. The maximum Gasteiger partial charge on any atom is 0.309 e. The van der Waals surface area contributed by atoms with E-state index < -0.39 is 5.97 Å². The summed E-state index contributed by atoms with van der Waals surface area (Å²) in [4.78, 5) is 14.7. The molecule has 2 aromatic rings. The van der Waals surface area contributed by atoms with Crippen molar-refractivity contribution in [3.05, 3.63) is 23.2 Å². The molecule has 1 N–H and O–H groups in total. The van der Waals surface area contributed by atoms with E-state index in [1.54, 1.807) is 17.5 Å². The number of hydrogen-bond acceptors (Lipinski definition) is 6. The van der Waals surface area contributed by atoms with Crippen LogP contribution in [0.3, 0.4) is 0 Å². The lowest BCUT2D eigenvalue weighted by Gasteiger charge is -1.97. The minimum Gasteiger partial charge on any atom is -0.481 e. The summed E-state index contributed by atoms with van der Waals surface area (Å²) in [5.41, 5.74) is 1.13. The van der Waals surface area contributed by atoms with Gasteiger partial charge in [0.05, 0.1) is 19.2 Å². The first-order chi connectivity index (χ1) is 8.19. The molecule has 2 rings (SSSR count). The lowest BCUT2D eigenvalue weighted by atomic mass is 10.3. The van der Waals surface area contributed by atoms with Crippen molar-refractivity contribution in [1.82, 2.24) is 15.2 Å². The van der Waals surface area contributed by atoms with Gasteiger partial charge in [-0.15, -0.1) is 21.5 Å². The van der Waals surface area contributed by atoms with E-state index in [4.69, 9.17) is 9.84 Å². The molecule has 0 saturated carbocycles.